The largest absolute Gasteiger partial charge is 0.481 e. The van der Waals surface area contributed by atoms with Crippen LogP contribution >= 0.6 is 0 Å². The number of urea groups is 1. The summed E-state index contributed by atoms with van der Waals surface area (Å²) >= 11 is 0. The molecule has 2 amide bonds. The van der Waals surface area contributed by atoms with Gasteiger partial charge in [0.2, 0.25) is 0 Å². The molecule has 2 aliphatic heterocycles. The summed E-state index contributed by atoms with van der Waals surface area (Å²) in [6, 6.07) is -0.217. The Morgan fingerprint density at radius 2 is 2.19 bits per heavy atom. The van der Waals surface area contributed by atoms with Crippen LogP contribution in [0.25, 0.3) is 0 Å². The van der Waals surface area contributed by atoms with E-state index in [9.17, 15) is 9.59 Å². The Bertz CT molecular complexity index is 295. The zero-order valence-corrected chi connectivity index (χ0v) is 8.94. The van der Waals surface area contributed by atoms with Crippen LogP contribution in [0.5, 0.6) is 0 Å². The Kier molecular flexibility index (Phi) is 3.28. The van der Waals surface area contributed by atoms with Gasteiger partial charge in [-0.05, 0) is 19.3 Å². The Morgan fingerprint density at radius 3 is 2.75 bits per heavy atom. The molecular formula is C10H16N2O4. The molecule has 6 nitrogen and oxygen atoms in total. The average molecular weight is 228 g/mol. The van der Waals surface area contributed by atoms with Gasteiger partial charge >= 0.3 is 12.0 Å². The van der Waals surface area contributed by atoms with Crippen molar-refractivity contribution in [3.05, 3.63) is 0 Å². The van der Waals surface area contributed by atoms with E-state index in [2.05, 4.69) is 10.6 Å². The van der Waals surface area contributed by atoms with Gasteiger partial charge in [0.15, 0.2) is 0 Å². The Hall–Kier alpha value is -1.30. The topological polar surface area (TPSA) is 87.7 Å². The highest BCUT2D eigenvalue weighted by atomic mass is 16.5. The van der Waals surface area contributed by atoms with Crippen molar-refractivity contribution in [1.82, 2.24) is 10.6 Å². The predicted octanol–water partition coefficient (Wildman–Crippen LogP) is 0.0802. The van der Waals surface area contributed by atoms with Crippen LogP contribution in [0, 0.1) is 0 Å². The van der Waals surface area contributed by atoms with Crippen molar-refractivity contribution >= 4 is 12.0 Å². The molecule has 2 bridgehead atoms. The minimum Gasteiger partial charge on any atom is -0.481 e. The van der Waals surface area contributed by atoms with Gasteiger partial charge in [-0.2, -0.15) is 0 Å². The van der Waals surface area contributed by atoms with Gasteiger partial charge in [0.1, 0.15) is 0 Å². The quantitative estimate of drug-likeness (QED) is 0.636. The van der Waals surface area contributed by atoms with Crippen LogP contribution in [0.15, 0.2) is 0 Å². The van der Waals surface area contributed by atoms with Crippen molar-refractivity contribution in [2.45, 2.75) is 43.9 Å². The lowest BCUT2D eigenvalue weighted by molar-refractivity contribution is -0.136. The molecule has 3 N–H and O–H groups in total. The molecule has 2 aliphatic rings. The predicted molar refractivity (Wildman–Crippen MR) is 55.1 cm³/mol. The van der Waals surface area contributed by atoms with Crippen molar-refractivity contribution in [2.24, 2.45) is 0 Å². The van der Waals surface area contributed by atoms with Crippen molar-refractivity contribution < 1.29 is 19.4 Å². The third-order valence-corrected chi connectivity index (χ3v) is 3.05. The van der Waals surface area contributed by atoms with Gasteiger partial charge in [0, 0.05) is 6.54 Å². The first kappa shape index (κ1) is 11.2. The summed E-state index contributed by atoms with van der Waals surface area (Å²) in [5.74, 6) is -0.913. The van der Waals surface area contributed by atoms with Crippen LogP contribution in [-0.4, -0.2) is 41.9 Å². The first-order valence-corrected chi connectivity index (χ1v) is 5.57. The van der Waals surface area contributed by atoms with Gasteiger partial charge in [-0.25, -0.2) is 4.79 Å². The van der Waals surface area contributed by atoms with Crippen LogP contribution in [0.3, 0.4) is 0 Å². The van der Waals surface area contributed by atoms with Gasteiger partial charge in [-0.3, -0.25) is 4.79 Å². The monoisotopic (exact) mass is 228 g/mol. The van der Waals surface area contributed by atoms with E-state index >= 15 is 0 Å². The lowest BCUT2D eigenvalue weighted by Crippen LogP contribution is -2.46. The van der Waals surface area contributed by atoms with E-state index in [1.54, 1.807) is 0 Å². The number of carbonyl (C=O) groups excluding carboxylic acids is 1. The Morgan fingerprint density at radius 1 is 1.38 bits per heavy atom. The first-order valence-electron chi connectivity index (χ1n) is 5.57. The molecule has 3 atom stereocenters. The average Bonchev–Trinajstić information content (AvgIpc) is 2.78. The number of rotatable bonds is 4. The molecule has 2 heterocycles. The highest BCUT2D eigenvalue weighted by molar-refractivity contribution is 5.75. The summed E-state index contributed by atoms with van der Waals surface area (Å²) < 4.78 is 5.59. The van der Waals surface area contributed by atoms with E-state index in [0.29, 0.717) is 6.10 Å². The molecule has 90 valence electrons. The molecule has 2 saturated heterocycles. The van der Waals surface area contributed by atoms with Crippen molar-refractivity contribution in [3.63, 3.8) is 0 Å². The van der Waals surface area contributed by atoms with Gasteiger partial charge in [-0.15, -0.1) is 0 Å². The number of hydrogen-bond acceptors (Lipinski definition) is 3. The SMILES string of the molecule is O=C(O)CCNC(=O)NC1CC2CCC1O2. The molecule has 0 aromatic carbocycles. The van der Waals surface area contributed by atoms with Crippen LogP contribution in [0.2, 0.25) is 0 Å². The zero-order chi connectivity index (χ0) is 11.5. The Balaban J connectivity index is 1.66. The number of nitrogens with one attached hydrogen (secondary N) is 2. The summed E-state index contributed by atoms with van der Waals surface area (Å²) in [5.41, 5.74) is 0. The fraction of sp³-hybridized carbons (Fsp3) is 0.800. The second kappa shape index (κ2) is 4.69. The van der Waals surface area contributed by atoms with E-state index in [4.69, 9.17) is 9.84 Å². The number of fused-ring (bicyclic) bond motifs is 2. The summed E-state index contributed by atoms with van der Waals surface area (Å²) in [4.78, 5) is 21.6. The van der Waals surface area contributed by atoms with Crippen molar-refractivity contribution in [3.8, 4) is 0 Å². The number of ether oxygens (including phenoxy) is 1. The molecule has 0 aromatic rings. The zero-order valence-electron chi connectivity index (χ0n) is 8.94. The van der Waals surface area contributed by atoms with Crippen molar-refractivity contribution in [1.29, 1.82) is 0 Å². The van der Waals surface area contributed by atoms with Crippen LogP contribution in [0.1, 0.15) is 25.7 Å². The number of carboxylic acids is 1. The molecule has 6 heteroatoms. The summed E-state index contributed by atoms with van der Waals surface area (Å²) in [6.07, 6.45) is 3.36. The minimum absolute atomic E-state index is 0.0549. The summed E-state index contributed by atoms with van der Waals surface area (Å²) in [7, 11) is 0. The number of aliphatic carboxylic acids is 1. The molecule has 16 heavy (non-hydrogen) atoms. The fourth-order valence-electron chi connectivity index (χ4n) is 2.29. The lowest BCUT2D eigenvalue weighted by atomic mass is 9.96. The van der Waals surface area contributed by atoms with Crippen LogP contribution in [0.4, 0.5) is 4.79 Å². The maximum absolute atomic E-state index is 11.4. The summed E-state index contributed by atoms with van der Waals surface area (Å²) in [5, 5.41) is 13.7. The minimum atomic E-state index is -0.913. The maximum atomic E-state index is 11.4. The third-order valence-electron chi connectivity index (χ3n) is 3.05. The standard InChI is InChI=1S/C10H16N2O4/c13-9(14)3-4-11-10(15)12-7-5-6-1-2-8(7)16-6/h6-8H,1-5H2,(H,13,14)(H2,11,12,15). The van der Waals surface area contributed by atoms with Crippen LogP contribution < -0.4 is 10.6 Å². The maximum Gasteiger partial charge on any atom is 0.315 e. The fourth-order valence-corrected chi connectivity index (χ4v) is 2.29. The molecule has 0 radical (unpaired) electrons. The van der Waals surface area contributed by atoms with Gasteiger partial charge in [0.25, 0.3) is 0 Å². The second-order valence-electron chi connectivity index (χ2n) is 4.26. The normalized spacial score (nSPS) is 31.4. The molecular weight excluding hydrogens is 212 g/mol. The van der Waals surface area contributed by atoms with E-state index in [0.717, 1.165) is 19.3 Å². The number of hydrogen-bond donors (Lipinski definition) is 3. The highest BCUT2D eigenvalue weighted by Crippen LogP contribution is 2.34. The third kappa shape index (κ3) is 2.63. The van der Waals surface area contributed by atoms with Gasteiger partial charge < -0.3 is 20.5 Å². The molecule has 0 spiro atoms. The molecule has 0 aliphatic carbocycles. The molecule has 2 fully saturated rings. The van der Waals surface area contributed by atoms with E-state index in [1.165, 1.54) is 0 Å². The number of carboxylic acid groups (broad SMARTS) is 1. The highest BCUT2D eigenvalue weighted by Gasteiger charge is 2.41. The second-order valence-corrected chi connectivity index (χ2v) is 4.26. The first-order chi connectivity index (χ1) is 7.65. The Labute approximate surface area is 93.3 Å². The number of carbonyl (C=O) groups is 2. The van der Waals surface area contributed by atoms with E-state index in [-0.39, 0.29) is 31.1 Å². The van der Waals surface area contributed by atoms with E-state index in [1.807, 2.05) is 0 Å². The number of amides is 2. The van der Waals surface area contributed by atoms with Gasteiger partial charge in [0.05, 0.1) is 24.7 Å². The molecule has 0 saturated carbocycles. The lowest BCUT2D eigenvalue weighted by Gasteiger charge is -2.20. The van der Waals surface area contributed by atoms with Crippen LogP contribution in [-0.2, 0) is 9.53 Å². The van der Waals surface area contributed by atoms with Gasteiger partial charge in [-0.1, -0.05) is 0 Å². The smallest absolute Gasteiger partial charge is 0.315 e. The summed E-state index contributed by atoms with van der Waals surface area (Å²) in [6.45, 7) is 0.156. The molecule has 0 aromatic heterocycles. The van der Waals surface area contributed by atoms with Crippen molar-refractivity contribution in [2.75, 3.05) is 6.54 Å². The van der Waals surface area contributed by atoms with E-state index < -0.39 is 5.97 Å². The molecule has 2 rings (SSSR count). The molecule has 3 unspecified atom stereocenters.